The van der Waals surface area contributed by atoms with E-state index in [0.717, 1.165) is 18.6 Å². The van der Waals surface area contributed by atoms with Gasteiger partial charge in [0.25, 0.3) is 0 Å². The monoisotopic (exact) mass is 330 g/mol. The summed E-state index contributed by atoms with van der Waals surface area (Å²) in [6.07, 6.45) is 9.10. The zero-order valence-corrected chi connectivity index (χ0v) is 17.4. The van der Waals surface area contributed by atoms with E-state index < -0.39 is 0 Å². The highest BCUT2D eigenvalue weighted by atomic mass is 16.5. The predicted molar refractivity (Wildman–Crippen MR) is 109 cm³/mol. The van der Waals surface area contributed by atoms with Crippen LogP contribution in [0.4, 0.5) is 0 Å². The van der Waals surface area contributed by atoms with E-state index in [2.05, 4.69) is 64.1 Å². The molecule has 0 aliphatic heterocycles. The SMILES string of the molecule is CC.CC.CCc1cccc(C(C)(C)C2=CCC(C)C=C2)c1OC. The summed E-state index contributed by atoms with van der Waals surface area (Å²) in [6.45, 7) is 17.0. The second-order valence-electron chi connectivity index (χ2n) is 6.21. The van der Waals surface area contributed by atoms with Crippen molar-refractivity contribution in [1.29, 1.82) is 0 Å². The second-order valence-corrected chi connectivity index (χ2v) is 6.21. The highest BCUT2D eigenvalue weighted by Crippen LogP contribution is 2.41. The summed E-state index contributed by atoms with van der Waals surface area (Å²) in [5.41, 5.74) is 3.94. The normalized spacial score (nSPS) is 16.2. The van der Waals surface area contributed by atoms with E-state index in [4.69, 9.17) is 4.74 Å². The first kappa shape index (κ1) is 22.5. The molecule has 1 atom stereocenters. The van der Waals surface area contributed by atoms with Gasteiger partial charge in [0.1, 0.15) is 5.75 Å². The fourth-order valence-electron chi connectivity index (χ4n) is 2.94. The summed E-state index contributed by atoms with van der Waals surface area (Å²) in [6, 6.07) is 6.50. The number of benzene rings is 1. The zero-order valence-electron chi connectivity index (χ0n) is 17.4. The summed E-state index contributed by atoms with van der Waals surface area (Å²) < 4.78 is 5.71. The molecule has 0 saturated carbocycles. The molecule has 1 nitrogen and oxygen atoms in total. The summed E-state index contributed by atoms with van der Waals surface area (Å²) in [7, 11) is 1.78. The van der Waals surface area contributed by atoms with Crippen molar-refractivity contribution in [2.24, 2.45) is 5.92 Å². The van der Waals surface area contributed by atoms with Crippen molar-refractivity contribution in [1.82, 2.24) is 0 Å². The van der Waals surface area contributed by atoms with Crippen molar-refractivity contribution in [3.05, 3.63) is 53.1 Å². The molecule has 2 rings (SSSR count). The van der Waals surface area contributed by atoms with Crippen molar-refractivity contribution in [2.45, 2.75) is 73.6 Å². The Balaban J connectivity index is 0.00000123. The predicted octanol–water partition coefficient (Wildman–Crippen LogP) is 7.11. The van der Waals surface area contributed by atoms with Gasteiger partial charge in [0, 0.05) is 11.0 Å². The first-order valence-electron chi connectivity index (χ1n) is 9.55. The minimum Gasteiger partial charge on any atom is -0.496 e. The minimum atomic E-state index is -0.0207. The van der Waals surface area contributed by atoms with Gasteiger partial charge in [-0.2, -0.15) is 0 Å². The maximum atomic E-state index is 5.71. The number of allylic oxidation sites excluding steroid dienone is 4. The number of methoxy groups -OCH3 is 1. The van der Waals surface area contributed by atoms with Crippen LogP contribution in [-0.4, -0.2) is 7.11 Å². The van der Waals surface area contributed by atoms with Crippen molar-refractivity contribution in [3.63, 3.8) is 0 Å². The number of para-hydroxylation sites is 1. The molecule has 1 aromatic rings. The van der Waals surface area contributed by atoms with E-state index in [1.54, 1.807) is 7.11 Å². The molecule has 0 bridgehead atoms. The molecule has 1 aliphatic rings. The van der Waals surface area contributed by atoms with Crippen LogP contribution in [-0.2, 0) is 11.8 Å². The Bertz CT molecular complexity index is 535. The molecule has 1 unspecified atom stereocenters. The van der Waals surface area contributed by atoms with Crippen LogP contribution >= 0.6 is 0 Å². The summed E-state index contributed by atoms with van der Waals surface area (Å²) in [5.74, 6) is 1.70. The fraction of sp³-hybridized carbons (Fsp3) is 0.565. The van der Waals surface area contributed by atoms with Crippen LogP contribution in [0.2, 0.25) is 0 Å². The van der Waals surface area contributed by atoms with Crippen LogP contribution in [0.15, 0.2) is 42.0 Å². The van der Waals surface area contributed by atoms with Gasteiger partial charge in [-0.1, -0.05) is 91.8 Å². The van der Waals surface area contributed by atoms with Gasteiger partial charge in [-0.3, -0.25) is 0 Å². The van der Waals surface area contributed by atoms with Crippen LogP contribution in [0.5, 0.6) is 5.75 Å². The first-order chi connectivity index (χ1) is 11.5. The average Bonchev–Trinajstić information content (AvgIpc) is 2.64. The van der Waals surface area contributed by atoms with E-state index >= 15 is 0 Å². The number of hydrogen-bond acceptors (Lipinski definition) is 1. The lowest BCUT2D eigenvalue weighted by molar-refractivity contribution is 0.396. The third-order valence-corrected chi connectivity index (χ3v) is 4.39. The topological polar surface area (TPSA) is 9.23 Å². The van der Waals surface area contributed by atoms with Gasteiger partial charge in [0.2, 0.25) is 0 Å². The molecule has 0 aromatic heterocycles. The smallest absolute Gasteiger partial charge is 0.126 e. The van der Waals surface area contributed by atoms with Crippen LogP contribution in [0.25, 0.3) is 0 Å². The largest absolute Gasteiger partial charge is 0.496 e. The standard InChI is InChI=1S/C19H26O.2C2H6/c1-6-15-8-7-9-17(18(15)20-5)19(3,4)16-12-10-14(2)11-13-16;2*1-2/h7-10,12-14H,6,11H2,1-5H3;2*1-2H3. The van der Waals surface area contributed by atoms with Crippen molar-refractivity contribution in [3.8, 4) is 5.75 Å². The van der Waals surface area contributed by atoms with E-state index in [9.17, 15) is 0 Å². The van der Waals surface area contributed by atoms with E-state index in [1.807, 2.05) is 27.7 Å². The summed E-state index contributed by atoms with van der Waals surface area (Å²) in [5, 5.41) is 0. The van der Waals surface area contributed by atoms with Gasteiger partial charge in [-0.15, -0.1) is 0 Å². The Hall–Kier alpha value is -1.50. The first-order valence-corrected chi connectivity index (χ1v) is 9.55. The maximum absolute atomic E-state index is 5.71. The molecule has 1 aliphatic carbocycles. The Labute approximate surface area is 150 Å². The molecular formula is C23H38O. The van der Waals surface area contributed by atoms with Gasteiger partial charge in [0.05, 0.1) is 7.11 Å². The van der Waals surface area contributed by atoms with Crippen molar-refractivity contribution in [2.75, 3.05) is 7.11 Å². The van der Waals surface area contributed by atoms with Crippen LogP contribution in [0, 0.1) is 5.92 Å². The van der Waals surface area contributed by atoms with Gasteiger partial charge in [0.15, 0.2) is 0 Å². The van der Waals surface area contributed by atoms with Crippen molar-refractivity contribution < 1.29 is 4.74 Å². The molecule has 1 heteroatoms. The number of ether oxygens (including phenoxy) is 1. The lowest BCUT2D eigenvalue weighted by Gasteiger charge is -2.31. The third-order valence-electron chi connectivity index (χ3n) is 4.39. The van der Waals surface area contributed by atoms with Gasteiger partial charge < -0.3 is 4.74 Å². The molecular weight excluding hydrogens is 292 g/mol. The Morgan fingerprint density at radius 3 is 2.21 bits per heavy atom. The molecule has 0 spiro atoms. The third kappa shape index (κ3) is 5.26. The lowest BCUT2D eigenvalue weighted by atomic mass is 9.74. The minimum absolute atomic E-state index is 0.0207. The number of aryl methyl sites for hydroxylation is 1. The molecule has 0 saturated heterocycles. The molecule has 0 N–H and O–H groups in total. The molecule has 0 amide bonds. The molecule has 24 heavy (non-hydrogen) atoms. The average molecular weight is 331 g/mol. The highest BCUT2D eigenvalue weighted by molar-refractivity contribution is 5.51. The fourth-order valence-corrected chi connectivity index (χ4v) is 2.94. The van der Waals surface area contributed by atoms with Crippen LogP contribution in [0.3, 0.4) is 0 Å². The lowest BCUT2D eigenvalue weighted by Crippen LogP contribution is -2.22. The van der Waals surface area contributed by atoms with E-state index in [1.165, 1.54) is 16.7 Å². The quantitative estimate of drug-likeness (QED) is 0.571. The molecule has 0 fully saturated rings. The Morgan fingerprint density at radius 1 is 1.12 bits per heavy atom. The molecule has 0 radical (unpaired) electrons. The Kier molecular flexibility index (Phi) is 10.4. The molecule has 136 valence electrons. The van der Waals surface area contributed by atoms with Gasteiger partial charge in [-0.25, -0.2) is 0 Å². The summed E-state index contributed by atoms with van der Waals surface area (Å²) in [4.78, 5) is 0. The molecule has 1 aromatic carbocycles. The van der Waals surface area contributed by atoms with Gasteiger partial charge >= 0.3 is 0 Å². The van der Waals surface area contributed by atoms with Crippen LogP contribution in [0.1, 0.15) is 72.9 Å². The number of hydrogen-bond donors (Lipinski definition) is 0. The number of rotatable bonds is 4. The van der Waals surface area contributed by atoms with E-state index in [-0.39, 0.29) is 5.41 Å². The van der Waals surface area contributed by atoms with E-state index in [0.29, 0.717) is 5.92 Å². The summed E-state index contributed by atoms with van der Waals surface area (Å²) >= 11 is 0. The van der Waals surface area contributed by atoms with Crippen LogP contribution < -0.4 is 4.74 Å². The maximum Gasteiger partial charge on any atom is 0.126 e. The van der Waals surface area contributed by atoms with Gasteiger partial charge in [-0.05, 0) is 29.9 Å². The Morgan fingerprint density at radius 2 is 1.75 bits per heavy atom. The molecule has 0 heterocycles. The second kappa shape index (κ2) is 11.1. The zero-order chi connectivity index (χ0) is 18.8. The highest BCUT2D eigenvalue weighted by Gasteiger charge is 2.29. The van der Waals surface area contributed by atoms with Crippen molar-refractivity contribution >= 4 is 0 Å².